The zero-order chi connectivity index (χ0) is 20.7. The second-order valence-corrected chi connectivity index (χ2v) is 8.05. The maximum atomic E-state index is 12.4. The van der Waals surface area contributed by atoms with Crippen LogP contribution in [-0.2, 0) is 0 Å². The molecule has 0 aliphatic heterocycles. The Labute approximate surface area is 170 Å². The molecule has 0 radical (unpaired) electrons. The number of benzene rings is 1. The molecule has 0 saturated carbocycles. The highest BCUT2D eigenvalue weighted by Crippen LogP contribution is 2.25. The molecule has 0 spiro atoms. The number of hydrogen-bond acceptors (Lipinski definition) is 5. The van der Waals surface area contributed by atoms with Crippen molar-refractivity contribution in [1.82, 2.24) is 10.2 Å². The van der Waals surface area contributed by atoms with E-state index in [1.807, 2.05) is 26.2 Å². The average molecular weight is 404 g/mol. The third-order valence-corrected chi connectivity index (χ3v) is 5.30. The second-order valence-electron chi connectivity index (χ2n) is 7.31. The summed E-state index contributed by atoms with van der Waals surface area (Å²) in [4.78, 5) is 26.0. The normalized spacial score (nSPS) is 13.1. The van der Waals surface area contributed by atoms with Crippen molar-refractivity contribution in [2.24, 2.45) is 11.7 Å². The van der Waals surface area contributed by atoms with Crippen LogP contribution in [0.2, 0.25) is 0 Å². The number of nitrogens with one attached hydrogen (secondary N) is 2. The van der Waals surface area contributed by atoms with Crippen LogP contribution in [0.15, 0.2) is 35.0 Å². The molecular weight excluding hydrogens is 374 g/mol. The van der Waals surface area contributed by atoms with Gasteiger partial charge in [-0.3, -0.25) is 4.79 Å². The second kappa shape index (κ2) is 10.1. The van der Waals surface area contributed by atoms with E-state index in [1.165, 1.54) is 11.3 Å². The molecule has 2 atom stereocenters. The van der Waals surface area contributed by atoms with Crippen molar-refractivity contribution in [3.63, 3.8) is 0 Å². The molecule has 28 heavy (non-hydrogen) atoms. The fourth-order valence-corrected chi connectivity index (χ4v) is 3.59. The van der Waals surface area contributed by atoms with E-state index in [1.54, 1.807) is 22.9 Å². The number of rotatable bonds is 9. The van der Waals surface area contributed by atoms with Gasteiger partial charge in [0.2, 0.25) is 0 Å². The summed E-state index contributed by atoms with van der Waals surface area (Å²) in [6.07, 6.45) is 1.79. The van der Waals surface area contributed by atoms with Crippen molar-refractivity contribution >= 4 is 34.6 Å². The first-order chi connectivity index (χ1) is 13.3. The quantitative estimate of drug-likeness (QED) is 0.514. The van der Waals surface area contributed by atoms with Gasteiger partial charge in [-0.05, 0) is 57.1 Å². The van der Waals surface area contributed by atoms with Gasteiger partial charge in [-0.25, -0.2) is 4.79 Å². The summed E-state index contributed by atoms with van der Waals surface area (Å²) in [5.41, 5.74) is 13.8. The topological polar surface area (TPSA) is 113 Å². The Balaban J connectivity index is 2.06. The van der Waals surface area contributed by atoms with Crippen molar-refractivity contribution in [2.75, 3.05) is 31.7 Å². The number of urea groups is 1. The number of nitrogens with two attached hydrogens (primary N) is 2. The molecule has 6 N–H and O–H groups in total. The number of anilines is 2. The van der Waals surface area contributed by atoms with E-state index in [9.17, 15) is 9.59 Å². The number of carbonyl (C=O) groups excluding carboxylic acids is 2. The molecular formula is C20H29N5O2S. The minimum absolute atomic E-state index is 0.195. The summed E-state index contributed by atoms with van der Waals surface area (Å²) < 4.78 is 0. The van der Waals surface area contributed by atoms with Crippen LogP contribution in [0.5, 0.6) is 0 Å². The minimum Gasteiger partial charge on any atom is -0.396 e. The molecule has 3 amide bonds. The summed E-state index contributed by atoms with van der Waals surface area (Å²) in [5, 5.41) is 9.19. The molecule has 8 heteroatoms. The van der Waals surface area contributed by atoms with Gasteiger partial charge in [0, 0.05) is 16.3 Å². The summed E-state index contributed by atoms with van der Waals surface area (Å²) in [5.74, 6) is 0.180. The fraction of sp³-hybridized carbons (Fsp3) is 0.400. The van der Waals surface area contributed by atoms with E-state index < -0.39 is 6.03 Å². The molecule has 2 rings (SSSR count). The lowest BCUT2D eigenvalue weighted by Gasteiger charge is -2.23. The predicted molar refractivity (Wildman–Crippen MR) is 116 cm³/mol. The molecule has 1 aromatic carbocycles. The SMILES string of the molecule is CC(CCN(C)C)CC(NC(N)=O)c1ccc(C(=O)Nc2cscc2N)cc1. The monoisotopic (exact) mass is 403 g/mol. The van der Waals surface area contributed by atoms with Gasteiger partial charge in [0.15, 0.2) is 0 Å². The summed E-state index contributed by atoms with van der Waals surface area (Å²) in [7, 11) is 4.08. The molecule has 0 saturated heterocycles. The first-order valence-corrected chi connectivity index (χ1v) is 10.1. The van der Waals surface area contributed by atoms with Crippen LogP contribution in [0.3, 0.4) is 0 Å². The Kier molecular flexibility index (Phi) is 7.83. The predicted octanol–water partition coefficient (Wildman–Crippen LogP) is 3.27. The zero-order valence-electron chi connectivity index (χ0n) is 16.6. The number of thiophene rings is 1. The Morgan fingerprint density at radius 3 is 2.39 bits per heavy atom. The van der Waals surface area contributed by atoms with Gasteiger partial charge < -0.3 is 27.0 Å². The minimum atomic E-state index is -0.556. The standard InChI is InChI=1S/C20H29N5O2S/c1-13(8-9-25(2)3)10-17(24-20(22)27)14-4-6-15(7-5-14)19(26)23-18-12-28-11-16(18)21/h4-7,11-13,17H,8-10,21H2,1-3H3,(H,23,26)(H3,22,24,27). The maximum absolute atomic E-state index is 12.4. The Morgan fingerprint density at radius 1 is 1.18 bits per heavy atom. The van der Waals surface area contributed by atoms with E-state index in [4.69, 9.17) is 11.5 Å². The van der Waals surface area contributed by atoms with Crippen molar-refractivity contribution < 1.29 is 9.59 Å². The number of amides is 3. The van der Waals surface area contributed by atoms with Crippen molar-refractivity contribution in [3.05, 3.63) is 46.2 Å². The molecule has 2 aromatic rings. The van der Waals surface area contributed by atoms with E-state index in [0.717, 1.165) is 24.9 Å². The average Bonchev–Trinajstić information content (AvgIpc) is 3.04. The van der Waals surface area contributed by atoms with Crippen molar-refractivity contribution in [2.45, 2.75) is 25.8 Å². The fourth-order valence-electron chi connectivity index (χ4n) is 2.92. The molecule has 0 aliphatic carbocycles. The summed E-state index contributed by atoms with van der Waals surface area (Å²) in [6.45, 7) is 3.14. The van der Waals surface area contributed by atoms with E-state index in [-0.39, 0.29) is 11.9 Å². The highest BCUT2D eigenvalue weighted by molar-refractivity contribution is 7.09. The van der Waals surface area contributed by atoms with Crippen LogP contribution < -0.4 is 22.1 Å². The van der Waals surface area contributed by atoms with Crippen LogP contribution >= 0.6 is 11.3 Å². The number of nitrogens with zero attached hydrogens (tertiary/aromatic N) is 1. The first-order valence-electron chi connectivity index (χ1n) is 9.20. The number of carbonyl (C=O) groups is 2. The molecule has 152 valence electrons. The zero-order valence-corrected chi connectivity index (χ0v) is 17.4. The largest absolute Gasteiger partial charge is 0.396 e. The Bertz CT molecular complexity index is 788. The number of hydrogen-bond donors (Lipinski definition) is 4. The van der Waals surface area contributed by atoms with E-state index in [2.05, 4.69) is 22.5 Å². The summed E-state index contributed by atoms with van der Waals surface area (Å²) >= 11 is 1.43. The van der Waals surface area contributed by atoms with Crippen LogP contribution in [0.4, 0.5) is 16.2 Å². The third kappa shape index (κ3) is 6.54. The lowest BCUT2D eigenvalue weighted by atomic mass is 9.93. The van der Waals surface area contributed by atoms with Gasteiger partial charge in [-0.2, -0.15) is 0 Å². The lowest BCUT2D eigenvalue weighted by molar-refractivity contribution is 0.102. The van der Waals surface area contributed by atoms with Crippen LogP contribution in [-0.4, -0.2) is 37.5 Å². The third-order valence-electron chi connectivity index (χ3n) is 4.54. The Hall–Kier alpha value is -2.58. The van der Waals surface area contributed by atoms with Crippen LogP contribution in [0, 0.1) is 5.92 Å². The van der Waals surface area contributed by atoms with Gasteiger partial charge in [-0.15, -0.1) is 11.3 Å². The summed E-state index contributed by atoms with van der Waals surface area (Å²) in [6, 6.07) is 6.44. The molecule has 1 aromatic heterocycles. The van der Waals surface area contributed by atoms with E-state index >= 15 is 0 Å². The van der Waals surface area contributed by atoms with E-state index in [0.29, 0.717) is 22.9 Å². The van der Waals surface area contributed by atoms with Gasteiger partial charge in [0.05, 0.1) is 17.4 Å². The van der Waals surface area contributed by atoms with Gasteiger partial charge >= 0.3 is 6.03 Å². The van der Waals surface area contributed by atoms with Crippen molar-refractivity contribution in [3.8, 4) is 0 Å². The smallest absolute Gasteiger partial charge is 0.312 e. The van der Waals surface area contributed by atoms with Crippen LogP contribution in [0.25, 0.3) is 0 Å². The molecule has 0 fully saturated rings. The lowest BCUT2D eigenvalue weighted by Crippen LogP contribution is -2.34. The Morgan fingerprint density at radius 2 is 1.86 bits per heavy atom. The molecule has 2 unspecified atom stereocenters. The highest BCUT2D eigenvalue weighted by atomic mass is 32.1. The van der Waals surface area contributed by atoms with Crippen LogP contribution in [0.1, 0.15) is 41.7 Å². The molecule has 0 bridgehead atoms. The van der Waals surface area contributed by atoms with Gasteiger partial charge in [0.1, 0.15) is 0 Å². The van der Waals surface area contributed by atoms with Gasteiger partial charge in [-0.1, -0.05) is 19.1 Å². The molecule has 0 aliphatic rings. The number of nitrogen functional groups attached to an aromatic ring is 1. The number of primary amides is 1. The molecule has 1 heterocycles. The maximum Gasteiger partial charge on any atom is 0.312 e. The first kappa shape index (κ1) is 21.7. The highest BCUT2D eigenvalue weighted by Gasteiger charge is 2.18. The molecule has 7 nitrogen and oxygen atoms in total. The van der Waals surface area contributed by atoms with Gasteiger partial charge in [0.25, 0.3) is 5.91 Å². The van der Waals surface area contributed by atoms with Crippen molar-refractivity contribution in [1.29, 1.82) is 0 Å².